The van der Waals surface area contributed by atoms with E-state index in [1.54, 1.807) is 30.3 Å². The van der Waals surface area contributed by atoms with Gasteiger partial charge < -0.3 is 9.46 Å². The molecule has 0 amide bonds. The second-order valence-corrected chi connectivity index (χ2v) is 2.81. The van der Waals surface area contributed by atoms with Crippen molar-refractivity contribution < 1.29 is 9.46 Å². The quantitative estimate of drug-likeness (QED) is 0.480. The van der Waals surface area contributed by atoms with Gasteiger partial charge in [-0.05, 0) is 5.30 Å². The van der Waals surface area contributed by atoms with Crippen LogP contribution in [0.15, 0.2) is 30.3 Å². The molecule has 1 unspecified atom stereocenters. The minimum atomic E-state index is -2.71. The molecular weight excluding hydrogens is 187 g/mol. The van der Waals surface area contributed by atoms with Crippen molar-refractivity contribution in [2.45, 2.75) is 3.02 Å². The molecule has 0 saturated carbocycles. The minimum absolute atomic E-state index is 0.405. The van der Waals surface area contributed by atoms with Crippen LogP contribution >= 0.6 is 8.03 Å². The van der Waals surface area contributed by atoms with E-state index in [0.29, 0.717) is 5.30 Å². The van der Waals surface area contributed by atoms with E-state index in [1.807, 2.05) is 0 Å². The third-order valence-electron chi connectivity index (χ3n) is 1.01. The Labute approximate surface area is 91.1 Å². The van der Waals surface area contributed by atoms with Crippen molar-refractivity contribution in [3.05, 3.63) is 30.3 Å². The fourth-order valence-corrected chi connectivity index (χ4v) is 1.04. The molecule has 0 aliphatic heterocycles. The van der Waals surface area contributed by atoms with Crippen LogP contribution in [0, 0.1) is 0 Å². The molecule has 0 radical (unpaired) electrons. The Balaban J connectivity index is 0.000000461. The van der Waals surface area contributed by atoms with Crippen molar-refractivity contribution in [1.82, 2.24) is 0 Å². The molecule has 4 heteroatoms. The summed E-state index contributed by atoms with van der Waals surface area (Å²) in [5, 5.41) is 0.405. The third-order valence-corrected chi connectivity index (χ3v) is 1.81. The summed E-state index contributed by atoms with van der Waals surface area (Å²) in [7, 11) is -2.71. The Morgan fingerprint density at radius 3 is 2.00 bits per heavy atom. The van der Waals surface area contributed by atoms with E-state index >= 15 is 0 Å². The second kappa shape index (κ2) is 7.33. The maximum absolute atomic E-state index is 10.3. The molecule has 0 aliphatic rings. The molecule has 11 heavy (non-hydrogen) atoms. The van der Waals surface area contributed by atoms with Crippen molar-refractivity contribution in [3.8, 4) is 0 Å². The Bertz CT molecular complexity index is 213. The van der Waals surface area contributed by atoms with Crippen molar-refractivity contribution in [3.63, 3.8) is 0 Å². The molecule has 1 atom stereocenters. The van der Waals surface area contributed by atoms with Gasteiger partial charge in [0.25, 0.3) is 0 Å². The van der Waals surface area contributed by atoms with Gasteiger partial charge in [0.15, 0.2) is 0 Å². The van der Waals surface area contributed by atoms with Crippen molar-refractivity contribution in [2.75, 3.05) is 0 Å². The first-order valence-corrected chi connectivity index (χ1v) is 6.80. The molecule has 0 saturated heterocycles. The molecule has 0 heterocycles. The van der Waals surface area contributed by atoms with Crippen LogP contribution in [-0.2, 0) is 4.57 Å². The van der Waals surface area contributed by atoms with E-state index < -0.39 is 8.03 Å². The van der Waals surface area contributed by atoms with Crippen molar-refractivity contribution in [1.29, 1.82) is 0 Å². The van der Waals surface area contributed by atoms with E-state index in [0.717, 1.165) is 0 Å². The summed E-state index contributed by atoms with van der Waals surface area (Å²) >= 11 is 1.38. The van der Waals surface area contributed by atoms with E-state index in [1.165, 1.54) is 35.8 Å². The zero-order chi connectivity index (χ0) is 8.69. The van der Waals surface area contributed by atoms with Gasteiger partial charge in [-0.2, -0.15) is 0 Å². The van der Waals surface area contributed by atoms with Gasteiger partial charge in [-0.1, -0.05) is 30.3 Å². The van der Waals surface area contributed by atoms with Crippen LogP contribution in [-0.4, -0.2) is 35.8 Å². The van der Waals surface area contributed by atoms with Crippen LogP contribution in [0.1, 0.15) is 0 Å². The predicted octanol–water partition coefficient (Wildman–Crippen LogP) is 0.350. The van der Waals surface area contributed by atoms with Crippen molar-refractivity contribution >= 4 is 49.1 Å². The van der Waals surface area contributed by atoms with Gasteiger partial charge >= 0.3 is 38.8 Å². The summed E-state index contributed by atoms with van der Waals surface area (Å²) in [5.41, 5.74) is 0. The first-order chi connectivity index (χ1) is 5.30. The summed E-state index contributed by atoms with van der Waals surface area (Å²) < 4.78 is 12.4. The normalized spacial score (nSPS) is 11.3. The zero-order valence-corrected chi connectivity index (χ0v) is 9.62. The first kappa shape index (κ1) is 11.7. The summed E-state index contributed by atoms with van der Waals surface area (Å²) in [6.07, 6.45) is 0. The van der Waals surface area contributed by atoms with Gasteiger partial charge in [-0.25, -0.2) is 0 Å². The topological polar surface area (TPSA) is 40.1 Å². The Morgan fingerprint density at radius 1 is 1.27 bits per heavy atom. The second-order valence-electron chi connectivity index (χ2n) is 1.65. The van der Waals surface area contributed by atoms with Gasteiger partial charge in [0.1, 0.15) is 0 Å². The SMILES string of the molecule is O=[PH]([O-])c1ccccc1.[CH3][Ca+]. The molecule has 0 aliphatic carbocycles. The average molecular weight is 196 g/mol. The van der Waals surface area contributed by atoms with E-state index in [2.05, 4.69) is 3.02 Å². The van der Waals surface area contributed by atoms with Crippen LogP contribution in [0.5, 0.6) is 0 Å². The van der Waals surface area contributed by atoms with Crippen molar-refractivity contribution in [2.24, 2.45) is 0 Å². The van der Waals surface area contributed by atoms with E-state index in [4.69, 9.17) is 0 Å². The number of hydrogen-bond acceptors (Lipinski definition) is 2. The summed E-state index contributed by atoms with van der Waals surface area (Å²) in [6.45, 7) is 0. The zero-order valence-electron chi connectivity index (χ0n) is 6.41. The molecule has 56 valence electrons. The first-order valence-electron chi connectivity index (χ1n) is 3.28. The van der Waals surface area contributed by atoms with Gasteiger partial charge in [0.2, 0.25) is 0 Å². The average Bonchev–Trinajstić information content (AvgIpc) is 2.10. The van der Waals surface area contributed by atoms with Gasteiger partial charge in [-0.15, -0.1) is 0 Å². The standard InChI is InChI=1S/C6H7O2P.CH3.Ca/c7-9(8)6-4-2-1-3-5-6;;/h1-5,9H,(H,7,8);1H3;/q;;+1/p-1. The molecule has 0 spiro atoms. The molecule has 1 aromatic rings. The fourth-order valence-electron chi connectivity index (χ4n) is 0.574. The van der Waals surface area contributed by atoms with Gasteiger partial charge in [0, 0.05) is 8.03 Å². The molecular formula is C7H9CaO2P. The van der Waals surface area contributed by atoms with Gasteiger partial charge in [-0.3, -0.25) is 0 Å². The van der Waals surface area contributed by atoms with Crippen LogP contribution < -0.4 is 10.2 Å². The molecule has 0 fully saturated rings. The Kier molecular flexibility index (Phi) is 7.77. The summed E-state index contributed by atoms with van der Waals surface area (Å²) in [5.74, 6) is 0. The molecule has 1 aromatic carbocycles. The molecule has 1 rings (SSSR count). The van der Waals surface area contributed by atoms with Crippen LogP contribution in [0.4, 0.5) is 0 Å². The Hall–Kier alpha value is 0.670. The third kappa shape index (κ3) is 5.00. The van der Waals surface area contributed by atoms with E-state index in [-0.39, 0.29) is 0 Å². The number of hydrogen-bond donors (Lipinski definition) is 0. The number of benzene rings is 1. The van der Waals surface area contributed by atoms with Crippen LogP contribution in [0.25, 0.3) is 0 Å². The van der Waals surface area contributed by atoms with Crippen LogP contribution in [0.2, 0.25) is 3.02 Å². The molecule has 0 N–H and O–H groups in total. The summed E-state index contributed by atoms with van der Waals surface area (Å²) in [4.78, 5) is 10.3. The molecule has 0 bridgehead atoms. The molecule has 0 aromatic heterocycles. The Morgan fingerprint density at radius 2 is 1.73 bits per heavy atom. The van der Waals surface area contributed by atoms with E-state index in [9.17, 15) is 9.46 Å². The fraction of sp³-hybridized carbons (Fsp3) is 0.143. The maximum atomic E-state index is 10.3. The monoisotopic (exact) mass is 196 g/mol. The van der Waals surface area contributed by atoms with Crippen LogP contribution in [0.3, 0.4) is 0 Å². The summed E-state index contributed by atoms with van der Waals surface area (Å²) in [6, 6.07) is 8.35. The number of rotatable bonds is 1. The van der Waals surface area contributed by atoms with Gasteiger partial charge in [0.05, 0.1) is 0 Å². The molecule has 2 nitrogen and oxygen atoms in total. The predicted molar refractivity (Wildman–Crippen MR) is 46.7 cm³/mol.